The molecule has 0 aromatic carbocycles. The van der Waals surface area contributed by atoms with Gasteiger partial charge in [-0.05, 0) is 30.9 Å². The molecule has 4 nitrogen and oxygen atoms in total. The summed E-state index contributed by atoms with van der Waals surface area (Å²) in [5.41, 5.74) is 0.905. The second-order valence-electron chi connectivity index (χ2n) is 5.22. The van der Waals surface area contributed by atoms with Gasteiger partial charge in [0.25, 0.3) is 0 Å². The molecule has 1 fully saturated rings. The van der Waals surface area contributed by atoms with Crippen molar-refractivity contribution in [1.29, 1.82) is 0 Å². The molecule has 3 rings (SSSR count). The Morgan fingerprint density at radius 1 is 1.39 bits per heavy atom. The SMILES string of the molecule is CCC1CCCC(Nc2nc3ccccn3n2)C1. The standard InChI is InChI=1S/C14H20N4/c1-2-11-6-5-7-12(10-11)15-14-16-13-8-3-4-9-18(13)17-14/h3-4,8-9,11-12H,2,5-7,10H2,1H3,(H,15,17). The molecule has 0 aliphatic heterocycles. The van der Waals surface area contributed by atoms with Gasteiger partial charge in [0.2, 0.25) is 5.95 Å². The second kappa shape index (κ2) is 4.96. The maximum absolute atomic E-state index is 4.50. The van der Waals surface area contributed by atoms with Crippen LogP contribution in [0.3, 0.4) is 0 Å². The third-order valence-electron chi connectivity index (χ3n) is 3.93. The highest BCUT2D eigenvalue weighted by atomic mass is 15.3. The topological polar surface area (TPSA) is 42.2 Å². The van der Waals surface area contributed by atoms with Gasteiger partial charge in [-0.1, -0.05) is 32.3 Å². The minimum Gasteiger partial charge on any atom is -0.350 e. The fraction of sp³-hybridized carbons (Fsp3) is 0.571. The summed E-state index contributed by atoms with van der Waals surface area (Å²) in [5, 5.41) is 7.94. The number of hydrogen-bond acceptors (Lipinski definition) is 3. The summed E-state index contributed by atoms with van der Waals surface area (Å²) < 4.78 is 1.82. The number of pyridine rings is 1. The molecule has 0 radical (unpaired) electrons. The fourth-order valence-corrected chi connectivity index (χ4v) is 2.87. The molecule has 0 amide bonds. The van der Waals surface area contributed by atoms with Crippen LogP contribution in [0, 0.1) is 5.92 Å². The number of anilines is 1. The van der Waals surface area contributed by atoms with Crippen molar-refractivity contribution < 1.29 is 0 Å². The summed E-state index contributed by atoms with van der Waals surface area (Å²) in [6.45, 7) is 2.29. The van der Waals surface area contributed by atoms with Gasteiger partial charge in [0.1, 0.15) is 0 Å². The molecule has 18 heavy (non-hydrogen) atoms. The van der Waals surface area contributed by atoms with E-state index in [1.165, 1.54) is 32.1 Å². The van der Waals surface area contributed by atoms with Gasteiger partial charge in [-0.2, -0.15) is 4.98 Å². The van der Waals surface area contributed by atoms with Gasteiger partial charge in [0, 0.05) is 12.2 Å². The van der Waals surface area contributed by atoms with Crippen LogP contribution < -0.4 is 5.32 Å². The van der Waals surface area contributed by atoms with E-state index in [4.69, 9.17) is 0 Å². The van der Waals surface area contributed by atoms with Crippen LogP contribution in [0.15, 0.2) is 24.4 Å². The Bertz CT molecular complexity index is 486. The third kappa shape index (κ3) is 2.33. The summed E-state index contributed by atoms with van der Waals surface area (Å²) in [4.78, 5) is 4.50. The lowest BCUT2D eigenvalue weighted by Gasteiger charge is -2.28. The van der Waals surface area contributed by atoms with Crippen molar-refractivity contribution in [3.63, 3.8) is 0 Å². The Balaban J connectivity index is 1.71. The third-order valence-corrected chi connectivity index (χ3v) is 3.93. The van der Waals surface area contributed by atoms with E-state index in [0.29, 0.717) is 6.04 Å². The average Bonchev–Trinajstić information content (AvgIpc) is 2.81. The van der Waals surface area contributed by atoms with Gasteiger partial charge in [0.05, 0.1) is 0 Å². The molecule has 1 aliphatic rings. The van der Waals surface area contributed by atoms with E-state index in [1.54, 1.807) is 0 Å². The van der Waals surface area contributed by atoms with Gasteiger partial charge in [-0.25, -0.2) is 4.52 Å². The molecule has 96 valence electrons. The number of nitrogens with one attached hydrogen (secondary N) is 1. The maximum atomic E-state index is 4.50. The first-order chi connectivity index (χ1) is 8.85. The monoisotopic (exact) mass is 244 g/mol. The predicted molar refractivity (Wildman–Crippen MR) is 72.6 cm³/mol. The molecule has 2 aromatic rings. The van der Waals surface area contributed by atoms with E-state index in [0.717, 1.165) is 17.5 Å². The zero-order chi connectivity index (χ0) is 12.4. The lowest BCUT2D eigenvalue weighted by Crippen LogP contribution is -2.27. The highest BCUT2D eigenvalue weighted by Crippen LogP contribution is 2.28. The zero-order valence-corrected chi connectivity index (χ0v) is 10.8. The van der Waals surface area contributed by atoms with E-state index in [-0.39, 0.29) is 0 Å². The van der Waals surface area contributed by atoms with Crippen molar-refractivity contribution in [3.05, 3.63) is 24.4 Å². The van der Waals surface area contributed by atoms with Gasteiger partial charge in [-0.15, -0.1) is 5.10 Å². The molecule has 2 heterocycles. The Hall–Kier alpha value is -1.58. The van der Waals surface area contributed by atoms with Crippen molar-refractivity contribution in [2.45, 2.75) is 45.1 Å². The van der Waals surface area contributed by atoms with Crippen molar-refractivity contribution in [1.82, 2.24) is 14.6 Å². The van der Waals surface area contributed by atoms with Crippen LogP contribution in [0.4, 0.5) is 5.95 Å². The largest absolute Gasteiger partial charge is 0.350 e. The van der Waals surface area contributed by atoms with E-state index < -0.39 is 0 Å². The normalized spacial score (nSPS) is 24.3. The van der Waals surface area contributed by atoms with E-state index in [2.05, 4.69) is 22.3 Å². The summed E-state index contributed by atoms with van der Waals surface area (Å²) in [5.74, 6) is 1.64. The molecule has 2 unspecified atom stereocenters. The Morgan fingerprint density at radius 3 is 3.17 bits per heavy atom. The van der Waals surface area contributed by atoms with Crippen molar-refractivity contribution >= 4 is 11.6 Å². The molecule has 0 bridgehead atoms. The van der Waals surface area contributed by atoms with Crippen LogP contribution >= 0.6 is 0 Å². The smallest absolute Gasteiger partial charge is 0.243 e. The number of hydrogen-bond donors (Lipinski definition) is 1. The molecule has 2 atom stereocenters. The molecule has 1 saturated carbocycles. The minimum atomic E-state index is 0.543. The van der Waals surface area contributed by atoms with Crippen molar-refractivity contribution in [2.24, 2.45) is 5.92 Å². The first kappa shape index (κ1) is 11.5. The summed E-state index contributed by atoms with van der Waals surface area (Å²) in [6, 6.07) is 6.48. The first-order valence-corrected chi connectivity index (χ1v) is 6.93. The lowest BCUT2D eigenvalue weighted by molar-refractivity contribution is 0.326. The Kier molecular flexibility index (Phi) is 3.17. The van der Waals surface area contributed by atoms with Crippen LogP contribution in [-0.2, 0) is 0 Å². The van der Waals surface area contributed by atoms with Crippen molar-refractivity contribution in [2.75, 3.05) is 5.32 Å². The molecule has 4 heteroatoms. The maximum Gasteiger partial charge on any atom is 0.243 e. The first-order valence-electron chi connectivity index (χ1n) is 6.93. The molecule has 0 saturated heterocycles. The molecule has 2 aromatic heterocycles. The number of aromatic nitrogens is 3. The van der Waals surface area contributed by atoms with E-state index >= 15 is 0 Å². The van der Waals surface area contributed by atoms with Crippen LogP contribution in [0.25, 0.3) is 5.65 Å². The molecular weight excluding hydrogens is 224 g/mol. The highest BCUT2D eigenvalue weighted by Gasteiger charge is 2.21. The summed E-state index contributed by atoms with van der Waals surface area (Å²) >= 11 is 0. The van der Waals surface area contributed by atoms with Gasteiger partial charge >= 0.3 is 0 Å². The number of fused-ring (bicyclic) bond motifs is 1. The zero-order valence-electron chi connectivity index (χ0n) is 10.8. The van der Waals surface area contributed by atoms with Gasteiger partial charge in [-0.3, -0.25) is 0 Å². The Labute approximate surface area is 107 Å². The highest BCUT2D eigenvalue weighted by molar-refractivity contribution is 5.43. The lowest BCUT2D eigenvalue weighted by atomic mass is 9.84. The van der Waals surface area contributed by atoms with Crippen LogP contribution in [0.1, 0.15) is 39.0 Å². The van der Waals surface area contributed by atoms with Gasteiger partial charge < -0.3 is 5.32 Å². The molecule has 1 N–H and O–H groups in total. The second-order valence-corrected chi connectivity index (χ2v) is 5.22. The van der Waals surface area contributed by atoms with E-state index in [9.17, 15) is 0 Å². The van der Waals surface area contributed by atoms with Crippen LogP contribution in [0.5, 0.6) is 0 Å². The molecule has 1 aliphatic carbocycles. The summed E-state index contributed by atoms with van der Waals surface area (Å²) in [6.07, 6.45) is 8.43. The molecular formula is C14H20N4. The number of rotatable bonds is 3. The van der Waals surface area contributed by atoms with Crippen LogP contribution in [0.2, 0.25) is 0 Å². The summed E-state index contributed by atoms with van der Waals surface area (Å²) in [7, 11) is 0. The minimum absolute atomic E-state index is 0.543. The van der Waals surface area contributed by atoms with Crippen molar-refractivity contribution in [3.8, 4) is 0 Å². The quantitative estimate of drug-likeness (QED) is 0.902. The Morgan fingerprint density at radius 2 is 2.33 bits per heavy atom. The van der Waals surface area contributed by atoms with Crippen LogP contribution in [-0.4, -0.2) is 20.6 Å². The van der Waals surface area contributed by atoms with Gasteiger partial charge in [0.15, 0.2) is 5.65 Å². The predicted octanol–water partition coefficient (Wildman–Crippen LogP) is 3.11. The fourth-order valence-electron chi connectivity index (χ4n) is 2.87. The average molecular weight is 244 g/mol. The van der Waals surface area contributed by atoms with E-state index in [1.807, 2.05) is 28.9 Å². The number of nitrogens with zero attached hydrogens (tertiary/aromatic N) is 3. The molecule has 0 spiro atoms.